The summed E-state index contributed by atoms with van der Waals surface area (Å²) >= 11 is 2.21. The minimum atomic E-state index is 0.0421. The molecule has 0 spiro atoms. The number of hydrogen-bond acceptors (Lipinski definition) is 1. The summed E-state index contributed by atoms with van der Waals surface area (Å²) in [6.07, 6.45) is 3.41. The van der Waals surface area contributed by atoms with Gasteiger partial charge in [0.15, 0.2) is 0 Å². The first-order valence-corrected chi connectivity index (χ1v) is 6.77. The SMILES string of the molecule is CCCCCNC(=O)c1ccc(C)cc1I. The van der Waals surface area contributed by atoms with E-state index in [-0.39, 0.29) is 5.91 Å². The van der Waals surface area contributed by atoms with Crippen molar-refractivity contribution >= 4 is 28.5 Å². The molecular formula is C13H18INO. The van der Waals surface area contributed by atoms with Crippen molar-refractivity contribution < 1.29 is 4.79 Å². The Hall–Kier alpha value is -0.580. The Bertz CT molecular complexity index is 363. The van der Waals surface area contributed by atoms with Crippen molar-refractivity contribution in [2.45, 2.75) is 33.1 Å². The average molecular weight is 331 g/mol. The van der Waals surface area contributed by atoms with E-state index in [0.717, 1.165) is 22.1 Å². The highest BCUT2D eigenvalue weighted by molar-refractivity contribution is 14.1. The zero-order chi connectivity index (χ0) is 12.0. The van der Waals surface area contributed by atoms with E-state index in [1.165, 1.54) is 18.4 Å². The van der Waals surface area contributed by atoms with Gasteiger partial charge in [-0.05, 0) is 48.1 Å². The molecule has 1 aromatic rings. The minimum absolute atomic E-state index is 0.0421. The van der Waals surface area contributed by atoms with Gasteiger partial charge in [-0.1, -0.05) is 31.4 Å². The zero-order valence-electron chi connectivity index (χ0n) is 9.85. The number of halogens is 1. The second kappa shape index (κ2) is 6.89. The molecule has 0 saturated heterocycles. The highest BCUT2D eigenvalue weighted by atomic mass is 127. The second-order valence-corrected chi connectivity index (χ2v) is 5.11. The monoisotopic (exact) mass is 331 g/mol. The molecule has 0 aliphatic heterocycles. The molecule has 1 rings (SSSR count). The van der Waals surface area contributed by atoms with Crippen molar-refractivity contribution in [3.05, 3.63) is 32.9 Å². The van der Waals surface area contributed by atoms with E-state index < -0.39 is 0 Å². The van der Waals surface area contributed by atoms with Gasteiger partial charge in [0.2, 0.25) is 0 Å². The number of carbonyl (C=O) groups excluding carboxylic acids is 1. The highest BCUT2D eigenvalue weighted by Crippen LogP contribution is 2.14. The lowest BCUT2D eigenvalue weighted by atomic mass is 10.1. The number of amides is 1. The van der Waals surface area contributed by atoms with Crippen LogP contribution in [0.25, 0.3) is 0 Å². The van der Waals surface area contributed by atoms with Crippen molar-refractivity contribution in [3.8, 4) is 0 Å². The topological polar surface area (TPSA) is 29.1 Å². The number of nitrogens with one attached hydrogen (secondary N) is 1. The van der Waals surface area contributed by atoms with E-state index in [4.69, 9.17) is 0 Å². The van der Waals surface area contributed by atoms with E-state index in [0.29, 0.717) is 0 Å². The van der Waals surface area contributed by atoms with E-state index in [1.54, 1.807) is 0 Å². The van der Waals surface area contributed by atoms with Crippen LogP contribution in [-0.4, -0.2) is 12.5 Å². The van der Waals surface area contributed by atoms with Crippen LogP contribution in [0.5, 0.6) is 0 Å². The third-order valence-electron chi connectivity index (χ3n) is 2.44. The summed E-state index contributed by atoms with van der Waals surface area (Å²) in [4.78, 5) is 11.8. The lowest BCUT2D eigenvalue weighted by Gasteiger charge is -2.07. The minimum Gasteiger partial charge on any atom is -0.352 e. The molecule has 0 aliphatic carbocycles. The predicted octanol–water partition coefficient (Wildman–Crippen LogP) is 3.52. The summed E-state index contributed by atoms with van der Waals surface area (Å²) in [7, 11) is 0. The van der Waals surface area contributed by atoms with Crippen molar-refractivity contribution in [2.75, 3.05) is 6.54 Å². The molecule has 0 bridgehead atoms. The van der Waals surface area contributed by atoms with Crippen molar-refractivity contribution in [2.24, 2.45) is 0 Å². The fourth-order valence-electron chi connectivity index (χ4n) is 1.48. The molecule has 0 fully saturated rings. The molecule has 0 atom stereocenters. The van der Waals surface area contributed by atoms with Crippen LogP contribution in [-0.2, 0) is 0 Å². The zero-order valence-corrected chi connectivity index (χ0v) is 12.0. The standard InChI is InChI=1S/C13H18INO/c1-3-4-5-8-15-13(16)11-7-6-10(2)9-12(11)14/h6-7,9H,3-5,8H2,1-2H3,(H,15,16). The van der Waals surface area contributed by atoms with Crippen LogP contribution in [0.1, 0.15) is 42.1 Å². The summed E-state index contributed by atoms with van der Waals surface area (Å²) in [5.74, 6) is 0.0421. The molecule has 2 nitrogen and oxygen atoms in total. The number of hydrogen-bond donors (Lipinski definition) is 1. The van der Waals surface area contributed by atoms with Crippen LogP contribution < -0.4 is 5.32 Å². The number of unbranched alkanes of at least 4 members (excludes halogenated alkanes) is 2. The fraction of sp³-hybridized carbons (Fsp3) is 0.462. The summed E-state index contributed by atoms with van der Waals surface area (Å²) < 4.78 is 1.02. The van der Waals surface area contributed by atoms with Crippen molar-refractivity contribution in [3.63, 3.8) is 0 Å². The fourth-order valence-corrected chi connectivity index (χ4v) is 2.39. The largest absolute Gasteiger partial charge is 0.352 e. The number of carbonyl (C=O) groups is 1. The average Bonchev–Trinajstić information content (AvgIpc) is 2.24. The van der Waals surface area contributed by atoms with Crippen LogP contribution in [0.3, 0.4) is 0 Å². The van der Waals surface area contributed by atoms with Gasteiger partial charge in [-0.25, -0.2) is 0 Å². The summed E-state index contributed by atoms with van der Waals surface area (Å²) in [5.41, 5.74) is 1.97. The van der Waals surface area contributed by atoms with Gasteiger partial charge in [0.1, 0.15) is 0 Å². The van der Waals surface area contributed by atoms with Gasteiger partial charge in [0.05, 0.1) is 5.56 Å². The summed E-state index contributed by atoms with van der Waals surface area (Å²) in [5, 5.41) is 2.95. The molecule has 88 valence electrons. The molecule has 0 unspecified atom stereocenters. The molecule has 0 radical (unpaired) electrons. The van der Waals surface area contributed by atoms with Crippen LogP contribution in [0, 0.1) is 10.5 Å². The van der Waals surface area contributed by atoms with Gasteiger partial charge >= 0.3 is 0 Å². The van der Waals surface area contributed by atoms with Crippen LogP contribution in [0.15, 0.2) is 18.2 Å². The Labute approximate surface area is 111 Å². The van der Waals surface area contributed by atoms with E-state index in [2.05, 4.69) is 34.8 Å². The first-order valence-electron chi connectivity index (χ1n) is 5.69. The third-order valence-corrected chi connectivity index (χ3v) is 3.33. The lowest BCUT2D eigenvalue weighted by Crippen LogP contribution is -2.25. The molecule has 0 saturated carbocycles. The van der Waals surface area contributed by atoms with Crippen molar-refractivity contribution in [1.82, 2.24) is 5.32 Å². The molecule has 0 aromatic heterocycles. The third kappa shape index (κ3) is 4.12. The predicted molar refractivity (Wildman–Crippen MR) is 75.8 cm³/mol. The van der Waals surface area contributed by atoms with E-state index >= 15 is 0 Å². The maximum absolute atomic E-state index is 11.8. The van der Waals surface area contributed by atoms with Crippen LogP contribution >= 0.6 is 22.6 Å². The van der Waals surface area contributed by atoms with E-state index in [9.17, 15) is 4.79 Å². The molecule has 1 aromatic carbocycles. The van der Waals surface area contributed by atoms with Crippen LogP contribution in [0.4, 0.5) is 0 Å². The Morgan fingerprint density at radius 2 is 2.12 bits per heavy atom. The summed E-state index contributed by atoms with van der Waals surface area (Å²) in [6.45, 7) is 4.96. The smallest absolute Gasteiger partial charge is 0.252 e. The molecule has 3 heteroatoms. The Balaban J connectivity index is 2.53. The second-order valence-electron chi connectivity index (χ2n) is 3.95. The van der Waals surface area contributed by atoms with Gasteiger partial charge in [-0.15, -0.1) is 0 Å². The normalized spacial score (nSPS) is 10.2. The van der Waals surface area contributed by atoms with Crippen LogP contribution in [0.2, 0.25) is 0 Å². The molecule has 1 amide bonds. The van der Waals surface area contributed by atoms with Gasteiger partial charge in [-0.2, -0.15) is 0 Å². The first-order chi connectivity index (χ1) is 7.65. The van der Waals surface area contributed by atoms with Gasteiger partial charge < -0.3 is 5.32 Å². The quantitative estimate of drug-likeness (QED) is 0.649. The van der Waals surface area contributed by atoms with Gasteiger partial charge in [0, 0.05) is 10.1 Å². The molecule has 1 N–H and O–H groups in total. The Kier molecular flexibility index (Phi) is 5.80. The van der Waals surface area contributed by atoms with Gasteiger partial charge in [-0.3, -0.25) is 4.79 Å². The maximum Gasteiger partial charge on any atom is 0.252 e. The molecule has 0 heterocycles. The highest BCUT2D eigenvalue weighted by Gasteiger charge is 2.08. The molecule has 16 heavy (non-hydrogen) atoms. The van der Waals surface area contributed by atoms with Gasteiger partial charge in [0.25, 0.3) is 5.91 Å². The number of rotatable bonds is 5. The lowest BCUT2D eigenvalue weighted by molar-refractivity contribution is 0.0952. The van der Waals surface area contributed by atoms with Crippen molar-refractivity contribution in [1.29, 1.82) is 0 Å². The maximum atomic E-state index is 11.8. The Morgan fingerprint density at radius 1 is 1.38 bits per heavy atom. The Morgan fingerprint density at radius 3 is 2.75 bits per heavy atom. The van der Waals surface area contributed by atoms with E-state index in [1.807, 2.05) is 25.1 Å². The molecular weight excluding hydrogens is 313 g/mol. The first kappa shape index (κ1) is 13.5. The number of benzene rings is 1. The summed E-state index contributed by atoms with van der Waals surface area (Å²) in [6, 6.07) is 5.90. The number of aryl methyl sites for hydroxylation is 1. The molecule has 0 aliphatic rings.